The molecule has 0 bridgehead atoms. The average Bonchev–Trinajstić information content (AvgIpc) is 2.45. The summed E-state index contributed by atoms with van der Waals surface area (Å²) in [6.07, 6.45) is 0. The summed E-state index contributed by atoms with van der Waals surface area (Å²) < 4.78 is 5.88. The molecular weight excluding hydrogens is 322 g/mol. The van der Waals surface area contributed by atoms with Gasteiger partial charge in [0.1, 0.15) is 5.75 Å². The van der Waals surface area contributed by atoms with Gasteiger partial charge in [-0.05, 0) is 23.8 Å². The van der Waals surface area contributed by atoms with Crippen molar-refractivity contribution in [1.82, 2.24) is 0 Å². The normalized spacial score (nSPS) is 11.7. The minimum absolute atomic E-state index is 0.669. The van der Waals surface area contributed by atoms with Crippen LogP contribution in [0.4, 0.5) is 5.69 Å². The van der Waals surface area contributed by atoms with Crippen molar-refractivity contribution in [2.24, 2.45) is 0 Å². The predicted octanol–water partition coefficient (Wildman–Crippen LogP) is 3.70. The number of halogens is 1. The molecule has 0 saturated carbocycles. The number of methoxy groups -OCH3 is 1. The number of rotatable bonds is 5. The Kier molecular flexibility index (Phi) is 4.63. The quantitative estimate of drug-likeness (QED) is 0.874. The maximum Gasteiger partial charge on any atom is 0.330 e. The Morgan fingerprint density at radius 3 is 2.65 bits per heavy atom. The Hall–Kier alpha value is -2.01. The van der Waals surface area contributed by atoms with E-state index in [-0.39, 0.29) is 0 Å². The highest BCUT2D eigenvalue weighted by Gasteiger charge is 2.21. The van der Waals surface area contributed by atoms with E-state index in [9.17, 15) is 9.90 Å². The highest BCUT2D eigenvalue weighted by Crippen LogP contribution is 2.28. The lowest BCUT2D eigenvalue weighted by atomic mass is 10.1. The van der Waals surface area contributed by atoms with Gasteiger partial charge in [-0.15, -0.1) is 0 Å². The van der Waals surface area contributed by atoms with Crippen LogP contribution in [0.2, 0.25) is 0 Å². The number of ether oxygens (including phenoxy) is 1. The fourth-order valence-electron chi connectivity index (χ4n) is 1.86. The number of hydrogen-bond acceptors (Lipinski definition) is 3. The van der Waals surface area contributed by atoms with Crippen molar-refractivity contribution in [1.29, 1.82) is 0 Å². The number of hydrogen-bond donors (Lipinski definition) is 2. The van der Waals surface area contributed by atoms with Crippen molar-refractivity contribution in [2.45, 2.75) is 6.04 Å². The molecule has 104 valence electrons. The molecule has 0 aliphatic rings. The zero-order chi connectivity index (χ0) is 14.5. The summed E-state index contributed by atoms with van der Waals surface area (Å²) in [5.74, 6) is -0.272. The Bertz CT molecular complexity index is 616. The summed E-state index contributed by atoms with van der Waals surface area (Å²) in [6.45, 7) is 0. The lowest BCUT2D eigenvalue weighted by Crippen LogP contribution is -2.20. The number of benzene rings is 2. The highest BCUT2D eigenvalue weighted by molar-refractivity contribution is 9.10. The molecule has 20 heavy (non-hydrogen) atoms. The van der Waals surface area contributed by atoms with Crippen LogP contribution in [0.5, 0.6) is 5.75 Å². The molecule has 1 atom stereocenters. The van der Waals surface area contributed by atoms with Gasteiger partial charge in [-0.2, -0.15) is 0 Å². The van der Waals surface area contributed by atoms with E-state index < -0.39 is 12.0 Å². The minimum Gasteiger partial charge on any atom is -0.497 e. The first-order valence-corrected chi connectivity index (χ1v) is 6.79. The van der Waals surface area contributed by atoms with Crippen molar-refractivity contribution in [3.63, 3.8) is 0 Å². The number of nitrogens with one attached hydrogen (secondary N) is 1. The van der Waals surface area contributed by atoms with Gasteiger partial charge in [-0.25, -0.2) is 4.79 Å². The van der Waals surface area contributed by atoms with E-state index in [0.29, 0.717) is 17.0 Å². The van der Waals surface area contributed by atoms with Gasteiger partial charge in [-0.1, -0.05) is 40.2 Å². The minimum atomic E-state index is -0.945. The van der Waals surface area contributed by atoms with Crippen LogP contribution in [0.25, 0.3) is 0 Å². The van der Waals surface area contributed by atoms with Crippen molar-refractivity contribution in [2.75, 3.05) is 12.4 Å². The number of carbonyl (C=O) groups is 1. The zero-order valence-corrected chi connectivity index (χ0v) is 12.4. The molecule has 2 rings (SSSR count). The van der Waals surface area contributed by atoms with Gasteiger partial charge in [-0.3, -0.25) is 0 Å². The molecule has 2 N–H and O–H groups in total. The van der Waals surface area contributed by atoms with Crippen LogP contribution in [0.1, 0.15) is 11.6 Å². The van der Waals surface area contributed by atoms with Gasteiger partial charge in [0.25, 0.3) is 0 Å². The van der Waals surface area contributed by atoms with Crippen LogP contribution in [0.3, 0.4) is 0 Å². The van der Waals surface area contributed by atoms with Gasteiger partial charge < -0.3 is 15.2 Å². The molecule has 5 heteroatoms. The van der Waals surface area contributed by atoms with Gasteiger partial charge in [0.05, 0.1) is 7.11 Å². The zero-order valence-electron chi connectivity index (χ0n) is 10.8. The lowest BCUT2D eigenvalue weighted by Gasteiger charge is -2.18. The smallest absolute Gasteiger partial charge is 0.330 e. The largest absolute Gasteiger partial charge is 0.497 e. The predicted molar refractivity (Wildman–Crippen MR) is 81.1 cm³/mol. The maximum atomic E-state index is 11.5. The molecule has 0 fully saturated rings. The standard InChI is InChI=1S/C15H14BrNO3/c1-20-11-6-4-5-10(9-11)17-14(15(18)19)12-7-2-3-8-13(12)16/h2-9,14,17H,1H3,(H,18,19). The van der Waals surface area contributed by atoms with E-state index >= 15 is 0 Å². The summed E-state index contributed by atoms with van der Waals surface area (Å²) in [5, 5.41) is 12.4. The molecule has 0 aliphatic heterocycles. The topological polar surface area (TPSA) is 58.6 Å². The lowest BCUT2D eigenvalue weighted by molar-refractivity contribution is -0.138. The Balaban J connectivity index is 2.31. The molecular formula is C15H14BrNO3. The van der Waals surface area contributed by atoms with Crippen LogP contribution in [-0.4, -0.2) is 18.2 Å². The molecule has 0 heterocycles. The van der Waals surface area contributed by atoms with E-state index in [1.807, 2.05) is 18.2 Å². The van der Waals surface area contributed by atoms with Crippen molar-refractivity contribution < 1.29 is 14.6 Å². The van der Waals surface area contributed by atoms with Crippen molar-refractivity contribution in [3.8, 4) is 5.75 Å². The van der Waals surface area contributed by atoms with Crippen LogP contribution in [0, 0.1) is 0 Å². The molecule has 4 nitrogen and oxygen atoms in total. The Morgan fingerprint density at radius 2 is 2.00 bits per heavy atom. The third-order valence-electron chi connectivity index (χ3n) is 2.84. The van der Waals surface area contributed by atoms with E-state index in [2.05, 4.69) is 21.2 Å². The van der Waals surface area contributed by atoms with Crippen LogP contribution in [-0.2, 0) is 4.79 Å². The molecule has 0 spiro atoms. The first-order chi connectivity index (χ1) is 9.61. The average molecular weight is 336 g/mol. The third-order valence-corrected chi connectivity index (χ3v) is 3.57. The highest BCUT2D eigenvalue weighted by atomic mass is 79.9. The summed E-state index contributed by atoms with van der Waals surface area (Å²) in [7, 11) is 1.57. The van der Waals surface area contributed by atoms with E-state index in [4.69, 9.17) is 4.74 Å². The van der Waals surface area contributed by atoms with Gasteiger partial charge >= 0.3 is 5.97 Å². The number of anilines is 1. The maximum absolute atomic E-state index is 11.5. The summed E-state index contributed by atoms with van der Waals surface area (Å²) >= 11 is 3.38. The number of aliphatic carboxylic acids is 1. The van der Waals surface area contributed by atoms with Crippen molar-refractivity contribution >= 4 is 27.6 Å². The monoisotopic (exact) mass is 335 g/mol. The second-order valence-corrected chi connectivity index (χ2v) is 5.02. The number of carboxylic acid groups (broad SMARTS) is 1. The first-order valence-electron chi connectivity index (χ1n) is 5.99. The summed E-state index contributed by atoms with van der Waals surface area (Å²) in [4.78, 5) is 11.5. The van der Waals surface area contributed by atoms with Crippen molar-refractivity contribution in [3.05, 3.63) is 58.6 Å². The number of carboxylic acids is 1. The van der Waals surface area contributed by atoms with Gasteiger partial charge in [0, 0.05) is 16.2 Å². The van der Waals surface area contributed by atoms with E-state index in [1.165, 1.54) is 0 Å². The fourth-order valence-corrected chi connectivity index (χ4v) is 2.37. The fraction of sp³-hybridized carbons (Fsp3) is 0.133. The molecule has 0 saturated heterocycles. The summed E-state index contributed by atoms with van der Waals surface area (Å²) in [5.41, 5.74) is 1.36. The van der Waals surface area contributed by atoms with Crippen LogP contribution < -0.4 is 10.1 Å². The van der Waals surface area contributed by atoms with E-state index in [1.54, 1.807) is 37.4 Å². The van der Waals surface area contributed by atoms with Crippen LogP contribution >= 0.6 is 15.9 Å². The molecule has 0 radical (unpaired) electrons. The Morgan fingerprint density at radius 1 is 1.25 bits per heavy atom. The van der Waals surface area contributed by atoms with Gasteiger partial charge in [0.15, 0.2) is 6.04 Å². The molecule has 2 aromatic rings. The molecule has 0 aliphatic carbocycles. The Labute approximate surface area is 125 Å². The van der Waals surface area contributed by atoms with Gasteiger partial charge in [0.2, 0.25) is 0 Å². The second-order valence-electron chi connectivity index (χ2n) is 4.17. The van der Waals surface area contributed by atoms with Crippen LogP contribution in [0.15, 0.2) is 53.0 Å². The first kappa shape index (κ1) is 14.4. The van der Waals surface area contributed by atoms with E-state index in [0.717, 1.165) is 4.47 Å². The molecule has 2 aromatic carbocycles. The second kappa shape index (κ2) is 6.43. The molecule has 0 amide bonds. The summed E-state index contributed by atoms with van der Waals surface area (Å²) in [6, 6.07) is 13.6. The SMILES string of the molecule is COc1cccc(NC(C(=O)O)c2ccccc2Br)c1. The third kappa shape index (κ3) is 3.30. The molecule has 1 unspecified atom stereocenters. The molecule has 0 aromatic heterocycles.